The second-order valence-corrected chi connectivity index (χ2v) is 8.14. The lowest BCUT2D eigenvalue weighted by Crippen LogP contribution is -2.39. The van der Waals surface area contributed by atoms with Crippen LogP contribution in [0.15, 0.2) is 48.5 Å². The fraction of sp³-hybridized carbons (Fsp3) is 0.409. The number of carbonyl (C=O) groups is 1. The number of nitrogens with zero attached hydrogens (tertiary/aromatic N) is 1. The number of amides is 1. The summed E-state index contributed by atoms with van der Waals surface area (Å²) in [5.74, 6) is 0.0644. The third kappa shape index (κ3) is 2.88. The molecule has 1 unspecified atom stereocenters. The van der Waals surface area contributed by atoms with Crippen LogP contribution in [-0.4, -0.2) is 41.9 Å². The standard InChI is InChI=1S/C22H25NO3/c1-22(2)11-15(12-24)23(14-22)21(25)26-13-20-18-9-5-3-7-16(18)17-8-4-6-10-19(17)20/h3-10,15,20,24H,11-14H2,1-2H3. The van der Waals surface area contributed by atoms with E-state index in [9.17, 15) is 9.90 Å². The molecule has 1 N–H and O–H groups in total. The number of ether oxygens (including phenoxy) is 1. The summed E-state index contributed by atoms with van der Waals surface area (Å²) >= 11 is 0. The molecule has 0 radical (unpaired) electrons. The number of aliphatic hydroxyl groups is 1. The molecule has 2 aliphatic rings. The second-order valence-electron chi connectivity index (χ2n) is 8.14. The van der Waals surface area contributed by atoms with Crippen molar-refractivity contribution >= 4 is 6.09 Å². The monoisotopic (exact) mass is 351 g/mol. The van der Waals surface area contributed by atoms with Crippen molar-refractivity contribution in [2.24, 2.45) is 5.41 Å². The summed E-state index contributed by atoms with van der Waals surface area (Å²) in [6.45, 7) is 5.16. The van der Waals surface area contributed by atoms with Gasteiger partial charge < -0.3 is 14.7 Å². The molecular formula is C22H25NO3. The van der Waals surface area contributed by atoms with Crippen LogP contribution in [-0.2, 0) is 4.74 Å². The quantitative estimate of drug-likeness (QED) is 0.908. The molecule has 136 valence electrons. The summed E-state index contributed by atoms with van der Waals surface area (Å²) in [5, 5.41) is 9.61. The topological polar surface area (TPSA) is 49.8 Å². The number of aliphatic hydroxyl groups excluding tert-OH is 1. The number of hydrogen-bond donors (Lipinski definition) is 1. The molecule has 2 aromatic carbocycles. The number of likely N-dealkylation sites (tertiary alicyclic amines) is 1. The minimum absolute atomic E-state index is 0.0129. The van der Waals surface area contributed by atoms with Crippen LogP contribution in [0.2, 0.25) is 0 Å². The van der Waals surface area contributed by atoms with Crippen molar-refractivity contribution in [3.63, 3.8) is 0 Å². The summed E-state index contributed by atoms with van der Waals surface area (Å²) in [7, 11) is 0. The van der Waals surface area contributed by atoms with E-state index in [1.54, 1.807) is 4.90 Å². The summed E-state index contributed by atoms with van der Waals surface area (Å²) in [6, 6.07) is 16.5. The van der Waals surface area contributed by atoms with Crippen LogP contribution in [0.1, 0.15) is 37.3 Å². The van der Waals surface area contributed by atoms with Gasteiger partial charge in [0.1, 0.15) is 6.61 Å². The Morgan fingerprint density at radius 3 is 2.27 bits per heavy atom. The van der Waals surface area contributed by atoms with Crippen LogP contribution in [0.4, 0.5) is 4.79 Å². The Balaban J connectivity index is 1.52. The van der Waals surface area contributed by atoms with Gasteiger partial charge in [0.15, 0.2) is 0 Å². The van der Waals surface area contributed by atoms with Crippen LogP contribution in [0.5, 0.6) is 0 Å². The summed E-state index contributed by atoms with van der Waals surface area (Å²) in [4.78, 5) is 14.4. The lowest BCUT2D eigenvalue weighted by Gasteiger charge is -2.24. The Labute approximate surface area is 154 Å². The van der Waals surface area contributed by atoms with E-state index in [1.165, 1.54) is 22.3 Å². The molecule has 0 bridgehead atoms. The van der Waals surface area contributed by atoms with Crippen molar-refractivity contribution < 1.29 is 14.6 Å². The molecule has 0 aromatic heterocycles. The van der Waals surface area contributed by atoms with Crippen molar-refractivity contribution in [1.29, 1.82) is 0 Å². The van der Waals surface area contributed by atoms with Crippen LogP contribution < -0.4 is 0 Å². The van der Waals surface area contributed by atoms with Gasteiger partial charge in [-0.1, -0.05) is 62.4 Å². The highest BCUT2D eigenvalue weighted by Gasteiger charge is 2.41. The van der Waals surface area contributed by atoms with Gasteiger partial charge in [0.2, 0.25) is 0 Å². The second kappa shape index (κ2) is 6.44. The molecule has 4 nitrogen and oxygen atoms in total. The number of carbonyl (C=O) groups excluding carboxylic acids is 1. The highest BCUT2D eigenvalue weighted by Crippen LogP contribution is 2.44. The average Bonchev–Trinajstić information content (AvgIpc) is 3.14. The smallest absolute Gasteiger partial charge is 0.410 e. The zero-order valence-corrected chi connectivity index (χ0v) is 15.3. The Kier molecular flexibility index (Phi) is 4.23. The van der Waals surface area contributed by atoms with Crippen molar-refractivity contribution in [1.82, 2.24) is 4.90 Å². The van der Waals surface area contributed by atoms with E-state index in [0.717, 1.165) is 6.42 Å². The number of benzene rings is 2. The molecular weight excluding hydrogens is 326 g/mol. The average molecular weight is 351 g/mol. The van der Waals surface area contributed by atoms with E-state index in [1.807, 2.05) is 24.3 Å². The lowest BCUT2D eigenvalue weighted by molar-refractivity contribution is 0.0815. The molecule has 4 rings (SSSR count). The lowest BCUT2D eigenvalue weighted by atomic mass is 9.91. The van der Waals surface area contributed by atoms with Crippen LogP contribution >= 0.6 is 0 Å². The molecule has 1 saturated heterocycles. The SMILES string of the molecule is CC1(C)CC(CO)N(C(=O)OCC2c3ccccc3-c3ccccc32)C1. The maximum absolute atomic E-state index is 12.7. The molecule has 1 heterocycles. The van der Waals surface area contributed by atoms with Crippen molar-refractivity contribution in [2.75, 3.05) is 19.8 Å². The Morgan fingerprint density at radius 1 is 1.12 bits per heavy atom. The number of fused-ring (bicyclic) bond motifs is 3. The molecule has 1 aliphatic heterocycles. The van der Waals surface area contributed by atoms with E-state index in [-0.39, 0.29) is 30.1 Å². The van der Waals surface area contributed by atoms with E-state index < -0.39 is 0 Å². The van der Waals surface area contributed by atoms with E-state index >= 15 is 0 Å². The molecule has 2 aromatic rings. The molecule has 0 spiro atoms. The first kappa shape index (κ1) is 17.1. The molecule has 1 aliphatic carbocycles. The largest absolute Gasteiger partial charge is 0.448 e. The summed E-state index contributed by atoms with van der Waals surface area (Å²) in [5.41, 5.74) is 4.88. The first-order valence-electron chi connectivity index (χ1n) is 9.23. The van der Waals surface area contributed by atoms with Crippen LogP contribution in [0.3, 0.4) is 0 Å². The van der Waals surface area contributed by atoms with Gasteiger partial charge in [0.05, 0.1) is 12.6 Å². The highest BCUT2D eigenvalue weighted by molar-refractivity contribution is 5.79. The molecule has 0 saturated carbocycles. The van der Waals surface area contributed by atoms with E-state index in [0.29, 0.717) is 13.2 Å². The van der Waals surface area contributed by atoms with Gasteiger partial charge >= 0.3 is 6.09 Å². The van der Waals surface area contributed by atoms with Crippen molar-refractivity contribution in [3.05, 3.63) is 59.7 Å². The Hall–Kier alpha value is -2.33. The Morgan fingerprint density at radius 2 is 1.69 bits per heavy atom. The molecule has 1 fully saturated rings. The fourth-order valence-corrected chi connectivity index (χ4v) is 4.46. The third-order valence-corrected chi connectivity index (χ3v) is 5.61. The maximum Gasteiger partial charge on any atom is 0.410 e. The van der Waals surface area contributed by atoms with Gasteiger partial charge in [-0.2, -0.15) is 0 Å². The first-order chi connectivity index (χ1) is 12.5. The maximum atomic E-state index is 12.7. The Bertz CT molecular complexity index is 784. The van der Waals surface area contributed by atoms with Gasteiger partial charge in [-0.05, 0) is 34.1 Å². The molecule has 1 atom stereocenters. The predicted molar refractivity (Wildman–Crippen MR) is 101 cm³/mol. The van der Waals surface area contributed by atoms with Gasteiger partial charge in [-0.15, -0.1) is 0 Å². The predicted octanol–water partition coefficient (Wildman–Crippen LogP) is 4.03. The zero-order chi connectivity index (χ0) is 18.3. The van der Waals surface area contributed by atoms with Crippen molar-refractivity contribution in [2.45, 2.75) is 32.2 Å². The number of hydrogen-bond acceptors (Lipinski definition) is 3. The molecule has 1 amide bonds. The van der Waals surface area contributed by atoms with Crippen molar-refractivity contribution in [3.8, 4) is 11.1 Å². The number of rotatable bonds is 3. The van der Waals surface area contributed by atoms with E-state index in [2.05, 4.69) is 38.1 Å². The normalized spacial score (nSPS) is 20.7. The summed E-state index contributed by atoms with van der Waals surface area (Å²) in [6.07, 6.45) is 0.477. The van der Waals surface area contributed by atoms with E-state index in [4.69, 9.17) is 4.74 Å². The van der Waals surface area contributed by atoms with Gasteiger partial charge in [-0.25, -0.2) is 4.79 Å². The zero-order valence-electron chi connectivity index (χ0n) is 15.3. The van der Waals surface area contributed by atoms with Crippen LogP contribution in [0.25, 0.3) is 11.1 Å². The minimum Gasteiger partial charge on any atom is -0.448 e. The van der Waals surface area contributed by atoms with Gasteiger partial charge in [0, 0.05) is 12.5 Å². The fourth-order valence-electron chi connectivity index (χ4n) is 4.46. The van der Waals surface area contributed by atoms with Crippen LogP contribution in [0, 0.1) is 5.41 Å². The van der Waals surface area contributed by atoms with Gasteiger partial charge in [0.25, 0.3) is 0 Å². The molecule has 4 heteroatoms. The summed E-state index contributed by atoms with van der Waals surface area (Å²) < 4.78 is 5.72. The first-order valence-corrected chi connectivity index (χ1v) is 9.23. The highest BCUT2D eigenvalue weighted by atomic mass is 16.6. The van der Waals surface area contributed by atoms with Gasteiger partial charge in [-0.3, -0.25) is 0 Å². The molecule has 26 heavy (non-hydrogen) atoms. The third-order valence-electron chi connectivity index (χ3n) is 5.61. The minimum atomic E-state index is -0.323.